The number of imide groups is 2. The summed E-state index contributed by atoms with van der Waals surface area (Å²) < 4.78 is 11.6. The molecule has 0 spiro atoms. The van der Waals surface area contributed by atoms with Gasteiger partial charge in [0.05, 0.1) is 27.3 Å². The Balaban J connectivity index is 1.57. The van der Waals surface area contributed by atoms with Gasteiger partial charge in [-0.2, -0.15) is 0 Å². The van der Waals surface area contributed by atoms with Crippen LogP contribution in [0.3, 0.4) is 0 Å². The first-order valence-electron chi connectivity index (χ1n) is 11.7. The number of methoxy groups -OCH3 is 1. The van der Waals surface area contributed by atoms with Crippen LogP contribution in [-0.4, -0.2) is 37.5 Å². The van der Waals surface area contributed by atoms with Crippen molar-refractivity contribution in [1.82, 2.24) is 5.32 Å². The van der Waals surface area contributed by atoms with Crippen molar-refractivity contribution in [2.45, 2.75) is 13.8 Å². The number of carbonyl (C=O) groups is 4. The van der Waals surface area contributed by atoms with Crippen LogP contribution >= 0.6 is 39.1 Å². The van der Waals surface area contributed by atoms with Crippen molar-refractivity contribution in [2.24, 2.45) is 0 Å². The molecule has 0 aromatic heterocycles. The number of barbiturate groups is 1. The smallest absolute Gasteiger partial charge is 0.335 e. The highest BCUT2D eigenvalue weighted by molar-refractivity contribution is 9.10. The van der Waals surface area contributed by atoms with Crippen molar-refractivity contribution in [3.8, 4) is 11.5 Å². The Labute approximate surface area is 248 Å². The van der Waals surface area contributed by atoms with Gasteiger partial charge in [0.15, 0.2) is 18.1 Å². The zero-order chi connectivity index (χ0) is 29.1. The molecule has 1 heterocycles. The van der Waals surface area contributed by atoms with Crippen LogP contribution in [-0.2, 0) is 14.4 Å². The van der Waals surface area contributed by atoms with Crippen molar-refractivity contribution in [3.05, 3.63) is 85.3 Å². The summed E-state index contributed by atoms with van der Waals surface area (Å²) in [6, 6.07) is 12.1. The van der Waals surface area contributed by atoms with E-state index in [0.717, 1.165) is 16.0 Å². The maximum Gasteiger partial charge on any atom is 0.335 e. The molecule has 2 N–H and O–H groups in total. The Kier molecular flexibility index (Phi) is 8.82. The first kappa shape index (κ1) is 29.1. The van der Waals surface area contributed by atoms with Crippen LogP contribution in [0.15, 0.2) is 58.6 Å². The number of aryl methyl sites for hydroxylation is 2. The quantitative estimate of drug-likeness (QED) is 0.238. The molecule has 0 unspecified atom stereocenters. The number of ether oxygens (including phenoxy) is 2. The lowest BCUT2D eigenvalue weighted by molar-refractivity contribution is -0.122. The van der Waals surface area contributed by atoms with Crippen molar-refractivity contribution >= 4 is 80.3 Å². The van der Waals surface area contributed by atoms with Crippen LogP contribution in [0, 0.1) is 13.8 Å². The SMILES string of the molecule is COc1cc(/C=C2/C(=O)NC(=O)N(c3ccc(Cl)c(Cl)c3)C2=O)cc(Br)c1OCC(=O)Nc1cc(C)ccc1C. The largest absolute Gasteiger partial charge is 0.493 e. The molecule has 0 atom stereocenters. The summed E-state index contributed by atoms with van der Waals surface area (Å²) in [5, 5.41) is 5.34. The van der Waals surface area contributed by atoms with Crippen molar-refractivity contribution in [1.29, 1.82) is 0 Å². The molecule has 1 fully saturated rings. The maximum atomic E-state index is 13.2. The number of benzene rings is 3. The van der Waals surface area contributed by atoms with E-state index in [0.29, 0.717) is 15.7 Å². The Bertz CT molecular complexity index is 1590. The summed E-state index contributed by atoms with van der Waals surface area (Å²) >= 11 is 15.4. The van der Waals surface area contributed by atoms with Crippen molar-refractivity contribution in [2.75, 3.05) is 23.9 Å². The van der Waals surface area contributed by atoms with Gasteiger partial charge in [-0.15, -0.1) is 0 Å². The molecule has 0 radical (unpaired) electrons. The predicted molar refractivity (Wildman–Crippen MR) is 156 cm³/mol. The topological polar surface area (TPSA) is 114 Å². The van der Waals surface area contributed by atoms with E-state index in [2.05, 4.69) is 26.6 Å². The number of hydrogen-bond acceptors (Lipinski definition) is 6. The second-order valence-corrected chi connectivity index (χ2v) is 10.4. The minimum Gasteiger partial charge on any atom is -0.493 e. The van der Waals surface area contributed by atoms with E-state index >= 15 is 0 Å². The fourth-order valence-corrected chi connectivity index (χ4v) is 4.71. The number of rotatable bonds is 7. The Morgan fingerprint density at radius 3 is 2.50 bits per heavy atom. The number of nitrogens with one attached hydrogen (secondary N) is 2. The van der Waals surface area contributed by atoms with Gasteiger partial charge >= 0.3 is 6.03 Å². The summed E-state index contributed by atoms with van der Waals surface area (Å²) in [6.45, 7) is 3.52. The normalized spacial score (nSPS) is 14.3. The summed E-state index contributed by atoms with van der Waals surface area (Å²) in [5.41, 5.74) is 2.82. The molecule has 1 aliphatic rings. The highest BCUT2D eigenvalue weighted by atomic mass is 79.9. The highest BCUT2D eigenvalue weighted by Gasteiger charge is 2.37. The molecule has 3 aromatic rings. The van der Waals surface area contributed by atoms with E-state index < -0.39 is 17.8 Å². The number of hydrogen-bond donors (Lipinski definition) is 2. The molecule has 1 aliphatic heterocycles. The first-order valence-corrected chi connectivity index (χ1v) is 13.3. The molecule has 3 aromatic carbocycles. The number of amides is 5. The zero-order valence-corrected chi connectivity index (χ0v) is 24.5. The summed E-state index contributed by atoms with van der Waals surface area (Å²) in [5.74, 6) is -1.62. The van der Waals surface area contributed by atoms with Gasteiger partial charge in [-0.3, -0.25) is 19.7 Å². The molecule has 4 rings (SSSR count). The van der Waals surface area contributed by atoms with Gasteiger partial charge in [0.25, 0.3) is 17.7 Å². The van der Waals surface area contributed by atoms with E-state index in [1.165, 1.54) is 37.5 Å². The Morgan fingerprint density at radius 2 is 1.80 bits per heavy atom. The van der Waals surface area contributed by atoms with Gasteiger partial charge in [0, 0.05) is 5.69 Å². The third-order valence-corrected chi connectivity index (χ3v) is 7.17. The van der Waals surface area contributed by atoms with Crippen LogP contribution in [0.5, 0.6) is 11.5 Å². The van der Waals surface area contributed by atoms with Crippen LogP contribution in [0.1, 0.15) is 16.7 Å². The molecule has 40 heavy (non-hydrogen) atoms. The molecule has 206 valence electrons. The number of anilines is 2. The number of urea groups is 1. The molecule has 9 nitrogen and oxygen atoms in total. The molecular formula is C28H22BrCl2N3O6. The first-order chi connectivity index (χ1) is 19.0. The molecule has 12 heteroatoms. The standard InChI is InChI=1S/C28H22BrCl2N3O6/c1-14-4-5-15(2)22(8-14)32-24(35)13-40-25-19(29)10-16(11-23(25)39-3)9-18-26(36)33-28(38)34(27(18)37)17-6-7-20(30)21(31)12-17/h4-12H,13H2,1-3H3,(H,32,35)(H,33,36,38)/b18-9-. The molecule has 0 aliphatic carbocycles. The van der Waals surface area contributed by atoms with Gasteiger partial charge in [-0.25, -0.2) is 9.69 Å². The third kappa shape index (κ3) is 6.30. The van der Waals surface area contributed by atoms with Crippen molar-refractivity contribution in [3.63, 3.8) is 0 Å². The van der Waals surface area contributed by atoms with Gasteiger partial charge in [-0.1, -0.05) is 35.3 Å². The molecule has 0 bridgehead atoms. The fraction of sp³-hybridized carbons (Fsp3) is 0.143. The zero-order valence-electron chi connectivity index (χ0n) is 21.4. The lowest BCUT2D eigenvalue weighted by Crippen LogP contribution is -2.54. The third-order valence-electron chi connectivity index (χ3n) is 5.84. The summed E-state index contributed by atoms with van der Waals surface area (Å²) in [6.07, 6.45) is 1.30. The summed E-state index contributed by atoms with van der Waals surface area (Å²) in [7, 11) is 1.41. The molecule has 0 saturated carbocycles. The average molecular weight is 647 g/mol. The van der Waals surface area contributed by atoms with E-state index in [1.54, 1.807) is 6.07 Å². The second kappa shape index (κ2) is 12.1. The minimum absolute atomic E-state index is 0.133. The highest BCUT2D eigenvalue weighted by Crippen LogP contribution is 2.38. The van der Waals surface area contributed by atoms with Crippen molar-refractivity contribution < 1.29 is 28.7 Å². The average Bonchev–Trinajstić information content (AvgIpc) is 2.89. The predicted octanol–water partition coefficient (Wildman–Crippen LogP) is 6.07. The second-order valence-electron chi connectivity index (χ2n) is 8.75. The molecule has 5 amide bonds. The lowest BCUT2D eigenvalue weighted by Gasteiger charge is -2.26. The monoisotopic (exact) mass is 645 g/mol. The molecule has 1 saturated heterocycles. The van der Waals surface area contributed by atoms with Gasteiger partial charge in [0.1, 0.15) is 5.57 Å². The number of nitrogens with zero attached hydrogens (tertiary/aromatic N) is 1. The van der Waals surface area contributed by atoms with Crippen LogP contribution in [0.2, 0.25) is 10.0 Å². The van der Waals surface area contributed by atoms with E-state index in [4.69, 9.17) is 32.7 Å². The van der Waals surface area contributed by atoms with Crippen LogP contribution in [0.4, 0.5) is 16.2 Å². The van der Waals surface area contributed by atoms with E-state index in [9.17, 15) is 19.2 Å². The Morgan fingerprint density at radius 1 is 1.05 bits per heavy atom. The van der Waals surface area contributed by atoms with E-state index in [-0.39, 0.29) is 45.3 Å². The van der Waals surface area contributed by atoms with Gasteiger partial charge in [0.2, 0.25) is 0 Å². The van der Waals surface area contributed by atoms with Gasteiger partial charge < -0.3 is 14.8 Å². The number of halogens is 3. The fourth-order valence-electron chi connectivity index (χ4n) is 3.84. The van der Waals surface area contributed by atoms with Crippen LogP contribution < -0.4 is 25.0 Å². The summed E-state index contributed by atoms with van der Waals surface area (Å²) in [4.78, 5) is 51.6. The van der Waals surface area contributed by atoms with Gasteiger partial charge in [-0.05, 0) is 88.9 Å². The Hall–Kier alpha value is -3.86. The van der Waals surface area contributed by atoms with E-state index in [1.807, 2.05) is 32.0 Å². The number of carbonyl (C=O) groups excluding carboxylic acids is 4. The molecular weight excluding hydrogens is 625 g/mol. The minimum atomic E-state index is -0.924. The maximum absolute atomic E-state index is 13.2. The lowest BCUT2D eigenvalue weighted by atomic mass is 10.1. The van der Waals surface area contributed by atoms with Crippen LogP contribution in [0.25, 0.3) is 6.08 Å².